The van der Waals surface area contributed by atoms with Crippen LogP contribution in [0, 0.1) is 0 Å². The van der Waals surface area contributed by atoms with E-state index in [1.54, 1.807) is 35.2 Å². The van der Waals surface area contributed by atoms with Crippen LogP contribution in [0.2, 0.25) is 0 Å². The standard InChI is InChI=1S/C20H24N2O6S/c1-26-16-5-7-17(8-6-16)29(24,25)22-12-10-21(11-13-22)20(23)15-4-9-18(27-2)19(14-15)28-3/h4-9,14H,10-13H2,1-3H3. The second kappa shape index (κ2) is 8.71. The van der Waals surface area contributed by atoms with Gasteiger partial charge in [-0.05, 0) is 42.5 Å². The monoisotopic (exact) mass is 420 g/mol. The third-order valence-electron chi connectivity index (χ3n) is 4.85. The van der Waals surface area contributed by atoms with Crippen molar-refractivity contribution in [2.45, 2.75) is 4.90 Å². The molecule has 2 aromatic carbocycles. The highest BCUT2D eigenvalue weighted by Gasteiger charge is 2.30. The molecule has 29 heavy (non-hydrogen) atoms. The average Bonchev–Trinajstić information content (AvgIpc) is 2.78. The number of benzene rings is 2. The average molecular weight is 420 g/mol. The van der Waals surface area contributed by atoms with Gasteiger partial charge in [-0.3, -0.25) is 4.79 Å². The van der Waals surface area contributed by atoms with E-state index in [-0.39, 0.29) is 23.9 Å². The molecule has 0 atom stereocenters. The van der Waals surface area contributed by atoms with Crippen LogP contribution < -0.4 is 14.2 Å². The van der Waals surface area contributed by atoms with Gasteiger partial charge >= 0.3 is 0 Å². The largest absolute Gasteiger partial charge is 0.497 e. The van der Waals surface area contributed by atoms with E-state index in [4.69, 9.17) is 14.2 Å². The number of nitrogens with zero attached hydrogens (tertiary/aromatic N) is 2. The molecule has 9 heteroatoms. The Kier molecular flexibility index (Phi) is 6.29. The van der Waals surface area contributed by atoms with Crippen molar-refractivity contribution in [3.63, 3.8) is 0 Å². The van der Waals surface area contributed by atoms with Crippen molar-refractivity contribution >= 4 is 15.9 Å². The third-order valence-corrected chi connectivity index (χ3v) is 6.77. The van der Waals surface area contributed by atoms with E-state index in [0.717, 1.165) is 0 Å². The SMILES string of the molecule is COc1ccc(S(=O)(=O)N2CCN(C(=O)c3ccc(OC)c(OC)c3)CC2)cc1. The molecule has 3 rings (SSSR count). The minimum Gasteiger partial charge on any atom is -0.497 e. The summed E-state index contributed by atoms with van der Waals surface area (Å²) in [6.07, 6.45) is 0. The minimum absolute atomic E-state index is 0.174. The highest BCUT2D eigenvalue weighted by Crippen LogP contribution is 2.28. The van der Waals surface area contributed by atoms with Gasteiger partial charge in [-0.2, -0.15) is 4.31 Å². The lowest BCUT2D eigenvalue weighted by Gasteiger charge is -2.34. The summed E-state index contributed by atoms with van der Waals surface area (Å²) in [7, 11) is 0.947. The van der Waals surface area contributed by atoms with Gasteiger partial charge in [-0.25, -0.2) is 8.42 Å². The summed E-state index contributed by atoms with van der Waals surface area (Å²) in [6.45, 7) is 1.08. The van der Waals surface area contributed by atoms with E-state index in [1.165, 1.54) is 37.8 Å². The summed E-state index contributed by atoms with van der Waals surface area (Å²) >= 11 is 0. The van der Waals surface area contributed by atoms with Crippen LogP contribution in [0.3, 0.4) is 0 Å². The van der Waals surface area contributed by atoms with E-state index in [2.05, 4.69) is 0 Å². The molecule has 1 amide bonds. The van der Waals surface area contributed by atoms with Crippen LogP contribution in [-0.2, 0) is 10.0 Å². The third kappa shape index (κ3) is 4.30. The second-order valence-electron chi connectivity index (χ2n) is 6.44. The van der Waals surface area contributed by atoms with Gasteiger partial charge in [0.15, 0.2) is 11.5 Å². The number of piperazine rings is 1. The van der Waals surface area contributed by atoms with Crippen molar-refractivity contribution in [2.75, 3.05) is 47.5 Å². The molecule has 0 N–H and O–H groups in total. The first-order valence-electron chi connectivity index (χ1n) is 9.06. The number of sulfonamides is 1. The summed E-state index contributed by atoms with van der Waals surface area (Å²) in [5.74, 6) is 1.43. The first-order valence-corrected chi connectivity index (χ1v) is 10.5. The lowest BCUT2D eigenvalue weighted by molar-refractivity contribution is 0.0697. The van der Waals surface area contributed by atoms with Crippen LogP contribution in [0.25, 0.3) is 0 Å². The van der Waals surface area contributed by atoms with Gasteiger partial charge < -0.3 is 19.1 Å². The second-order valence-corrected chi connectivity index (χ2v) is 8.38. The highest BCUT2D eigenvalue weighted by molar-refractivity contribution is 7.89. The number of carbonyl (C=O) groups is 1. The number of amides is 1. The molecule has 1 heterocycles. The summed E-state index contributed by atoms with van der Waals surface area (Å²) < 4.78 is 42.6. The maximum absolute atomic E-state index is 12.8. The molecule has 0 bridgehead atoms. The molecular formula is C20H24N2O6S. The normalized spacial score (nSPS) is 15.1. The lowest BCUT2D eigenvalue weighted by Crippen LogP contribution is -2.50. The Labute approximate surface area is 170 Å². The zero-order chi connectivity index (χ0) is 21.0. The van der Waals surface area contributed by atoms with E-state index in [0.29, 0.717) is 35.9 Å². The van der Waals surface area contributed by atoms with Crippen LogP contribution in [0.4, 0.5) is 0 Å². The van der Waals surface area contributed by atoms with Crippen LogP contribution >= 0.6 is 0 Å². The molecule has 1 saturated heterocycles. The Morgan fingerprint density at radius 3 is 2.00 bits per heavy atom. The van der Waals surface area contributed by atoms with Crippen molar-refractivity contribution in [3.05, 3.63) is 48.0 Å². The summed E-state index contributed by atoms with van der Waals surface area (Å²) in [4.78, 5) is 14.7. The van der Waals surface area contributed by atoms with Crippen LogP contribution in [0.5, 0.6) is 17.2 Å². The summed E-state index contributed by atoms with van der Waals surface area (Å²) in [6, 6.07) is 11.3. The fourth-order valence-corrected chi connectivity index (χ4v) is 4.60. The number of hydrogen-bond donors (Lipinski definition) is 0. The fourth-order valence-electron chi connectivity index (χ4n) is 3.18. The molecular weight excluding hydrogens is 396 g/mol. The van der Waals surface area contributed by atoms with Gasteiger partial charge in [0, 0.05) is 31.7 Å². The predicted molar refractivity (Wildman–Crippen MR) is 107 cm³/mol. The number of ether oxygens (including phenoxy) is 3. The van der Waals surface area contributed by atoms with Gasteiger partial charge in [0.2, 0.25) is 10.0 Å². The highest BCUT2D eigenvalue weighted by atomic mass is 32.2. The van der Waals surface area contributed by atoms with Gasteiger partial charge in [-0.15, -0.1) is 0 Å². The maximum Gasteiger partial charge on any atom is 0.254 e. The van der Waals surface area contributed by atoms with Gasteiger partial charge in [0.25, 0.3) is 5.91 Å². The zero-order valence-electron chi connectivity index (χ0n) is 16.6. The van der Waals surface area contributed by atoms with Crippen molar-refractivity contribution in [1.29, 1.82) is 0 Å². The molecule has 2 aromatic rings. The van der Waals surface area contributed by atoms with Crippen LogP contribution in [0.15, 0.2) is 47.4 Å². The van der Waals surface area contributed by atoms with Gasteiger partial charge in [0.05, 0.1) is 26.2 Å². The molecule has 156 valence electrons. The Morgan fingerprint density at radius 2 is 1.45 bits per heavy atom. The minimum atomic E-state index is -3.62. The molecule has 8 nitrogen and oxygen atoms in total. The molecule has 0 spiro atoms. The van der Waals surface area contributed by atoms with E-state index in [9.17, 15) is 13.2 Å². The zero-order valence-corrected chi connectivity index (χ0v) is 17.4. The summed E-state index contributed by atoms with van der Waals surface area (Å²) in [5, 5.41) is 0. The smallest absolute Gasteiger partial charge is 0.254 e. The fraction of sp³-hybridized carbons (Fsp3) is 0.350. The van der Waals surface area contributed by atoms with Gasteiger partial charge in [-0.1, -0.05) is 0 Å². The van der Waals surface area contributed by atoms with E-state index in [1.807, 2.05) is 0 Å². The molecule has 0 unspecified atom stereocenters. The van der Waals surface area contributed by atoms with Crippen molar-refractivity contribution < 1.29 is 27.4 Å². The molecule has 1 aliphatic heterocycles. The molecule has 0 aromatic heterocycles. The predicted octanol–water partition coefficient (Wildman–Crippen LogP) is 1.86. The first-order chi connectivity index (χ1) is 13.9. The maximum atomic E-state index is 12.8. The van der Waals surface area contributed by atoms with E-state index >= 15 is 0 Å². The van der Waals surface area contributed by atoms with Crippen molar-refractivity contribution in [3.8, 4) is 17.2 Å². The Balaban J connectivity index is 1.68. The lowest BCUT2D eigenvalue weighted by atomic mass is 10.1. The molecule has 0 aliphatic carbocycles. The quantitative estimate of drug-likeness (QED) is 0.709. The topological polar surface area (TPSA) is 85.4 Å². The molecule has 1 aliphatic rings. The molecule has 0 saturated carbocycles. The molecule has 0 radical (unpaired) electrons. The van der Waals surface area contributed by atoms with E-state index < -0.39 is 10.0 Å². The Morgan fingerprint density at radius 1 is 0.828 bits per heavy atom. The van der Waals surface area contributed by atoms with Crippen LogP contribution in [-0.4, -0.2) is 71.0 Å². The van der Waals surface area contributed by atoms with Crippen molar-refractivity contribution in [2.24, 2.45) is 0 Å². The molecule has 1 fully saturated rings. The Hall–Kier alpha value is -2.78. The first kappa shape index (κ1) is 20.9. The number of rotatable bonds is 6. The number of methoxy groups -OCH3 is 3. The summed E-state index contributed by atoms with van der Waals surface area (Å²) in [5.41, 5.74) is 0.467. The number of hydrogen-bond acceptors (Lipinski definition) is 6. The van der Waals surface area contributed by atoms with Gasteiger partial charge in [0.1, 0.15) is 5.75 Å². The Bertz CT molecular complexity index is 967. The van der Waals surface area contributed by atoms with Crippen molar-refractivity contribution in [1.82, 2.24) is 9.21 Å². The van der Waals surface area contributed by atoms with Crippen LogP contribution in [0.1, 0.15) is 10.4 Å². The number of carbonyl (C=O) groups excluding carboxylic acids is 1.